The summed E-state index contributed by atoms with van der Waals surface area (Å²) in [4.78, 5) is 19.5. The van der Waals surface area contributed by atoms with Crippen molar-refractivity contribution in [1.29, 1.82) is 0 Å². The lowest BCUT2D eigenvalue weighted by Gasteiger charge is -2.58. The summed E-state index contributed by atoms with van der Waals surface area (Å²) in [5.41, 5.74) is 1.56. The van der Waals surface area contributed by atoms with Crippen LogP contribution in [0.15, 0.2) is 12.3 Å². The first-order valence-electron chi connectivity index (χ1n) is 20.3. The van der Waals surface area contributed by atoms with Crippen molar-refractivity contribution in [2.45, 2.75) is 101 Å². The number of ether oxygens (including phenoxy) is 4. The van der Waals surface area contributed by atoms with E-state index >= 15 is 4.39 Å². The zero-order valence-electron chi connectivity index (χ0n) is 31.8. The molecule has 4 aromatic rings. The molecule has 10 rings (SSSR count). The molecule has 6 aliphatic rings. The predicted molar refractivity (Wildman–Crippen MR) is 207 cm³/mol. The highest BCUT2D eigenvalue weighted by atomic mass is 35.5. The molecule has 1 aromatic carbocycles. The largest absolute Gasteiger partial charge is 0.480 e. The Kier molecular flexibility index (Phi) is 8.93. The Labute approximate surface area is 325 Å². The van der Waals surface area contributed by atoms with Crippen LogP contribution in [0.2, 0.25) is 5.02 Å². The highest BCUT2D eigenvalue weighted by Gasteiger charge is 2.55. The summed E-state index contributed by atoms with van der Waals surface area (Å²) in [7, 11) is 1.52. The van der Waals surface area contributed by atoms with Gasteiger partial charge in [0.2, 0.25) is 5.88 Å². The summed E-state index contributed by atoms with van der Waals surface area (Å²) in [6, 6.07) is 3.01. The molecule has 3 saturated heterocycles. The van der Waals surface area contributed by atoms with Gasteiger partial charge in [-0.25, -0.2) is 9.37 Å². The van der Waals surface area contributed by atoms with Crippen molar-refractivity contribution < 1.29 is 28.4 Å². The van der Waals surface area contributed by atoms with Crippen molar-refractivity contribution in [3.8, 4) is 23.1 Å². The number of piperidine rings is 1. The lowest BCUT2D eigenvalue weighted by Crippen LogP contribution is -2.61. The number of halogens is 2. The highest BCUT2D eigenvalue weighted by molar-refractivity contribution is 6.33. The van der Waals surface area contributed by atoms with Crippen molar-refractivity contribution >= 4 is 39.2 Å². The Bertz CT molecular complexity index is 2110. The van der Waals surface area contributed by atoms with Gasteiger partial charge in [0.1, 0.15) is 28.0 Å². The monoisotopic (exact) mass is 775 g/mol. The van der Waals surface area contributed by atoms with Crippen LogP contribution >= 0.6 is 11.6 Å². The van der Waals surface area contributed by atoms with E-state index in [-0.39, 0.29) is 47.6 Å². The molecule has 3 aliphatic carbocycles. The molecule has 14 heteroatoms. The van der Waals surface area contributed by atoms with Crippen LogP contribution in [0.5, 0.6) is 11.9 Å². The van der Waals surface area contributed by atoms with Gasteiger partial charge >= 0.3 is 6.01 Å². The number of methoxy groups -OCH3 is 1. The van der Waals surface area contributed by atoms with Gasteiger partial charge in [-0.05, 0) is 101 Å². The number of hydrogen-bond acceptors (Lipinski definition) is 11. The normalized spacial score (nSPS) is 28.7. The summed E-state index contributed by atoms with van der Waals surface area (Å²) in [5.74, 6) is 0.155. The molecule has 12 nitrogen and oxygen atoms in total. The van der Waals surface area contributed by atoms with E-state index in [1.807, 2.05) is 11.0 Å². The number of rotatable bonds is 8. The fourth-order valence-corrected chi connectivity index (χ4v) is 11.3. The van der Waals surface area contributed by atoms with Crippen LogP contribution in [0, 0.1) is 16.6 Å². The van der Waals surface area contributed by atoms with E-state index in [1.165, 1.54) is 32.8 Å². The zero-order chi connectivity index (χ0) is 37.5. The number of β-amino-alcohol motifs (C(OH)–C–C–N with tert-alkyl or cyclic N) is 1. The van der Waals surface area contributed by atoms with Crippen LogP contribution in [0.4, 0.5) is 10.2 Å². The van der Waals surface area contributed by atoms with Gasteiger partial charge < -0.3 is 29.0 Å². The average molecular weight is 776 g/mol. The number of fused-ring (bicyclic) bond motifs is 3. The standard InChI is InChI=1S/C41H51ClFN7O5/c1-39(51)21-49(13-16-54-22-39)36-32-35(33(43)34(45-37(32)52-2)31-26-20-44-48-28(26)17-27(42)30(31)24-6-7-24)46-38(47-36)55-23-41-8-3-5-29(41)50(12-4-9-41)25-18-40(19-25)10-14-53-15-11-40/h17,20,24-25,29,51H,3-16,18-19,21-23H2,1-2H3,(H,44,48)/t29-,39+,41-/m1/s1. The number of anilines is 1. The minimum Gasteiger partial charge on any atom is -0.480 e. The molecule has 55 heavy (non-hydrogen) atoms. The summed E-state index contributed by atoms with van der Waals surface area (Å²) >= 11 is 6.90. The first-order chi connectivity index (χ1) is 26.7. The Morgan fingerprint density at radius 1 is 1.04 bits per heavy atom. The third-order valence-corrected chi connectivity index (χ3v) is 14.1. The van der Waals surface area contributed by atoms with E-state index in [1.54, 1.807) is 13.1 Å². The molecule has 6 heterocycles. The molecule has 3 aromatic heterocycles. The first-order valence-corrected chi connectivity index (χ1v) is 20.7. The van der Waals surface area contributed by atoms with Crippen molar-refractivity contribution in [2.75, 3.05) is 64.7 Å². The van der Waals surface area contributed by atoms with Crippen LogP contribution in [-0.2, 0) is 9.47 Å². The zero-order valence-corrected chi connectivity index (χ0v) is 32.6. The minimum absolute atomic E-state index is 0.0260. The molecular formula is C41H51ClFN7O5. The summed E-state index contributed by atoms with van der Waals surface area (Å²) in [6.07, 6.45) is 14.1. The number of aromatic amines is 1. The second-order valence-corrected chi connectivity index (χ2v) is 18.0. The lowest BCUT2D eigenvalue weighted by molar-refractivity contribution is -0.112. The predicted octanol–water partition coefficient (Wildman–Crippen LogP) is 6.81. The number of nitrogens with one attached hydrogen (secondary N) is 1. The molecule has 1 spiro atoms. The number of benzene rings is 1. The summed E-state index contributed by atoms with van der Waals surface area (Å²) in [6.45, 7) is 6.25. The maximum Gasteiger partial charge on any atom is 0.319 e. The SMILES string of the molecule is COc1nc(-c2c(C3CC3)c(Cl)cc3[nH]ncc23)c(F)c2nc(OC[C@]34CCC[C@H]3N(C3CC5(CCOCC5)C3)CCC4)nc(N3CCOC[C@@](C)(O)C3)c12. The minimum atomic E-state index is -1.17. The van der Waals surface area contributed by atoms with Gasteiger partial charge in [0.05, 0.1) is 45.2 Å². The molecule has 0 unspecified atom stereocenters. The number of aromatic nitrogens is 5. The van der Waals surface area contributed by atoms with Crippen molar-refractivity contribution in [2.24, 2.45) is 10.8 Å². The molecule has 6 fully saturated rings. The average Bonchev–Trinajstić information content (AvgIpc) is 3.79. The Balaban J connectivity index is 1.05. The molecule has 3 aliphatic heterocycles. The molecule has 2 N–H and O–H groups in total. The van der Waals surface area contributed by atoms with Gasteiger partial charge in [0, 0.05) is 53.2 Å². The maximum atomic E-state index is 17.6. The highest BCUT2D eigenvalue weighted by Crippen LogP contribution is 2.56. The lowest BCUT2D eigenvalue weighted by atomic mass is 9.60. The summed E-state index contributed by atoms with van der Waals surface area (Å²) < 4.78 is 41.7. The number of aliphatic hydroxyl groups is 1. The Morgan fingerprint density at radius 3 is 2.65 bits per heavy atom. The smallest absolute Gasteiger partial charge is 0.319 e. The Hall–Kier alpha value is -3.36. The second-order valence-electron chi connectivity index (χ2n) is 17.6. The van der Waals surface area contributed by atoms with Gasteiger partial charge in [-0.15, -0.1) is 0 Å². The van der Waals surface area contributed by atoms with Gasteiger partial charge in [-0.3, -0.25) is 10.00 Å². The van der Waals surface area contributed by atoms with E-state index in [4.69, 9.17) is 45.5 Å². The molecule has 3 saturated carbocycles. The van der Waals surface area contributed by atoms with Gasteiger partial charge in [-0.1, -0.05) is 18.0 Å². The molecule has 0 bridgehead atoms. The van der Waals surface area contributed by atoms with Gasteiger partial charge in [0.15, 0.2) is 5.82 Å². The van der Waals surface area contributed by atoms with E-state index in [9.17, 15) is 5.11 Å². The van der Waals surface area contributed by atoms with Crippen LogP contribution < -0.4 is 14.4 Å². The van der Waals surface area contributed by atoms with Crippen LogP contribution in [0.25, 0.3) is 33.1 Å². The molecule has 0 amide bonds. The number of pyridine rings is 1. The third-order valence-electron chi connectivity index (χ3n) is 13.8. The van der Waals surface area contributed by atoms with Crippen LogP contribution in [-0.4, -0.2) is 113 Å². The fraction of sp³-hybridized carbons (Fsp3) is 0.659. The van der Waals surface area contributed by atoms with Crippen LogP contribution in [0.1, 0.15) is 89.0 Å². The summed E-state index contributed by atoms with van der Waals surface area (Å²) in [5, 5.41) is 20.1. The number of likely N-dealkylation sites (tertiary alicyclic amines) is 1. The van der Waals surface area contributed by atoms with Gasteiger partial charge in [0.25, 0.3) is 0 Å². The van der Waals surface area contributed by atoms with E-state index in [2.05, 4.69) is 15.1 Å². The first kappa shape index (κ1) is 36.0. The van der Waals surface area contributed by atoms with E-state index < -0.39 is 11.4 Å². The molecule has 0 radical (unpaired) electrons. The van der Waals surface area contributed by atoms with Crippen molar-refractivity contribution in [3.05, 3.63) is 28.7 Å². The fourth-order valence-electron chi connectivity index (χ4n) is 11.0. The van der Waals surface area contributed by atoms with Crippen LogP contribution in [0.3, 0.4) is 0 Å². The number of nitrogens with zero attached hydrogens (tertiary/aromatic N) is 6. The maximum absolute atomic E-state index is 17.6. The van der Waals surface area contributed by atoms with Crippen molar-refractivity contribution in [1.82, 2.24) is 30.0 Å². The quantitative estimate of drug-likeness (QED) is 0.196. The molecular weight excluding hydrogens is 725 g/mol. The number of hydrogen-bond donors (Lipinski definition) is 2. The second kappa shape index (κ2) is 13.6. The molecule has 294 valence electrons. The van der Waals surface area contributed by atoms with E-state index in [0.29, 0.717) is 64.6 Å². The Morgan fingerprint density at radius 2 is 1.85 bits per heavy atom. The third kappa shape index (κ3) is 6.23. The van der Waals surface area contributed by atoms with Crippen molar-refractivity contribution in [3.63, 3.8) is 0 Å². The topological polar surface area (TPSA) is 131 Å². The molecule has 3 atom stereocenters. The number of H-pyrrole nitrogens is 1. The van der Waals surface area contributed by atoms with Gasteiger partial charge in [-0.2, -0.15) is 15.1 Å². The van der Waals surface area contributed by atoms with E-state index in [0.717, 1.165) is 75.7 Å².